The number of nitrogens with zero attached hydrogens (tertiary/aromatic N) is 2. The van der Waals surface area contributed by atoms with Gasteiger partial charge >= 0.3 is 0 Å². The molecule has 0 aromatic carbocycles. The van der Waals surface area contributed by atoms with Gasteiger partial charge in [-0.25, -0.2) is 9.37 Å². The quantitative estimate of drug-likeness (QED) is 0.773. The first kappa shape index (κ1) is 12.5. The Kier molecular flexibility index (Phi) is 3.92. The van der Waals surface area contributed by atoms with Crippen molar-refractivity contribution in [2.75, 3.05) is 18.6 Å². The second-order valence-electron chi connectivity index (χ2n) is 4.11. The summed E-state index contributed by atoms with van der Waals surface area (Å²) in [6, 6.07) is 1.35. The number of methoxy groups -OCH3 is 1. The fourth-order valence-electron chi connectivity index (χ4n) is 1.97. The lowest BCUT2D eigenvalue weighted by atomic mass is 10.1. The van der Waals surface area contributed by atoms with Gasteiger partial charge in [-0.05, 0) is 25.0 Å². The summed E-state index contributed by atoms with van der Waals surface area (Å²) >= 11 is 0. The Morgan fingerprint density at radius 1 is 1.50 bits per heavy atom. The summed E-state index contributed by atoms with van der Waals surface area (Å²) in [7, 11) is 1.51. The highest BCUT2D eigenvalue weighted by atomic mass is 19.1. The highest BCUT2D eigenvalue weighted by Crippen LogP contribution is 2.24. The third kappa shape index (κ3) is 2.67. The van der Waals surface area contributed by atoms with E-state index >= 15 is 0 Å². The zero-order chi connectivity index (χ0) is 13.0. The van der Waals surface area contributed by atoms with Crippen LogP contribution in [0.25, 0.3) is 6.08 Å². The maximum Gasteiger partial charge on any atom is 0.228 e. The highest BCUT2D eigenvalue weighted by Gasteiger charge is 2.22. The molecule has 4 nitrogen and oxygen atoms in total. The van der Waals surface area contributed by atoms with Crippen LogP contribution in [-0.2, 0) is 9.53 Å². The molecule has 0 bridgehead atoms. The van der Waals surface area contributed by atoms with Crippen LogP contribution in [0.2, 0.25) is 0 Å². The minimum Gasteiger partial charge on any atom is -0.504 e. The van der Waals surface area contributed by atoms with Crippen LogP contribution >= 0.6 is 0 Å². The summed E-state index contributed by atoms with van der Waals surface area (Å²) < 4.78 is 18.0. The van der Waals surface area contributed by atoms with Gasteiger partial charge in [0.25, 0.3) is 0 Å². The molecular formula is C13H15FN2O2. The molecule has 5 heteroatoms. The van der Waals surface area contributed by atoms with Crippen LogP contribution in [0.3, 0.4) is 0 Å². The van der Waals surface area contributed by atoms with E-state index in [1.54, 1.807) is 11.0 Å². The topological polar surface area (TPSA) is 42.4 Å². The predicted molar refractivity (Wildman–Crippen MR) is 66.4 cm³/mol. The number of pyridine rings is 1. The Balaban J connectivity index is 2.36. The van der Waals surface area contributed by atoms with Crippen LogP contribution in [0.4, 0.5) is 10.2 Å². The molecule has 2 heterocycles. The summed E-state index contributed by atoms with van der Waals surface area (Å²) in [6.45, 7) is 0.630. The van der Waals surface area contributed by atoms with E-state index in [0.717, 1.165) is 19.0 Å². The molecule has 1 aliphatic heterocycles. The number of hydrogen-bond donors (Lipinski definition) is 0. The van der Waals surface area contributed by atoms with E-state index in [0.29, 0.717) is 24.3 Å². The van der Waals surface area contributed by atoms with Crippen molar-refractivity contribution in [1.82, 2.24) is 4.98 Å². The zero-order valence-electron chi connectivity index (χ0n) is 10.2. The second kappa shape index (κ2) is 5.62. The molecule has 0 aliphatic carbocycles. The molecule has 1 amide bonds. The minimum absolute atomic E-state index is 0.0347. The number of piperidine rings is 1. The van der Waals surface area contributed by atoms with E-state index in [9.17, 15) is 9.18 Å². The van der Waals surface area contributed by atoms with Crippen molar-refractivity contribution in [2.24, 2.45) is 0 Å². The van der Waals surface area contributed by atoms with Crippen molar-refractivity contribution in [3.63, 3.8) is 0 Å². The third-order valence-electron chi connectivity index (χ3n) is 2.82. The molecule has 2 rings (SSSR count). The molecular weight excluding hydrogens is 235 g/mol. The van der Waals surface area contributed by atoms with Crippen LogP contribution in [0.5, 0.6) is 0 Å². The van der Waals surface area contributed by atoms with Gasteiger partial charge in [-0.15, -0.1) is 0 Å². The smallest absolute Gasteiger partial charge is 0.228 e. The fraction of sp³-hybridized carbons (Fsp3) is 0.385. The number of carbonyl (C=O) groups is 1. The van der Waals surface area contributed by atoms with Crippen LogP contribution < -0.4 is 4.90 Å². The zero-order valence-corrected chi connectivity index (χ0v) is 10.2. The van der Waals surface area contributed by atoms with Gasteiger partial charge < -0.3 is 4.74 Å². The number of aromatic nitrogens is 1. The van der Waals surface area contributed by atoms with Crippen LogP contribution in [0, 0.1) is 5.82 Å². The molecule has 1 fully saturated rings. The van der Waals surface area contributed by atoms with Crippen LogP contribution in [0.1, 0.15) is 24.8 Å². The van der Waals surface area contributed by atoms with Crippen molar-refractivity contribution in [1.29, 1.82) is 0 Å². The maximum atomic E-state index is 13.2. The maximum absolute atomic E-state index is 13.2. The number of halogens is 1. The molecule has 0 radical (unpaired) electrons. The van der Waals surface area contributed by atoms with Gasteiger partial charge in [0.1, 0.15) is 11.6 Å². The van der Waals surface area contributed by atoms with Crippen LogP contribution in [0.15, 0.2) is 18.5 Å². The molecule has 1 aliphatic rings. The van der Waals surface area contributed by atoms with E-state index in [1.807, 2.05) is 0 Å². The Morgan fingerprint density at radius 3 is 3.06 bits per heavy atom. The largest absolute Gasteiger partial charge is 0.504 e. The van der Waals surface area contributed by atoms with Crippen molar-refractivity contribution < 1.29 is 13.9 Å². The van der Waals surface area contributed by atoms with Gasteiger partial charge in [0.15, 0.2) is 0 Å². The lowest BCUT2D eigenvalue weighted by molar-refractivity contribution is -0.119. The van der Waals surface area contributed by atoms with Gasteiger partial charge in [-0.1, -0.05) is 0 Å². The minimum atomic E-state index is -0.432. The van der Waals surface area contributed by atoms with Crippen molar-refractivity contribution in [3.8, 4) is 0 Å². The van der Waals surface area contributed by atoms with Crippen LogP contribution in [-0.4, -0.2) is 24.5 Å². The standard InChI is InChI=1S/C13H15FN2O2/c1-18-7-5-10-8-11(14)9-15-13(10)16-6-3-2-4-12(16)17/h5,7-9H,2-4,6H2,1H3/b7-5+. The number of ether oxygens (including phenoxy) is 1. The number of anilines is 1. The number of carbonyl (C=O) groups excluding carboxylic acids is 1. The second-order valence-corrected chi connectivity index (χ2v) is 4.11. The fourth-order valence-corrected chi connectivity index (χ4v) is 1.97. The van der Waals surface area contributed by atoms with Crippen molar-refractivity contribution in [3.05, 3.63) is 29.9 Å². The average Bonchev–Trinajstić information content (AvgIpc) is 2.37. The lowest BCUT2D eigenvalue weighted by Crippen LogP contribution is -2.36. The number of amides is 1. The Morgan fingerprint density at radius 2 is 2.33 bits per heavy atom. The molecule has 18 heavy (non-hydrogen) atoms. The summed E-state index contributed by atoms with van der Waals surface area (Å²) in [5, 5.41) is 0. The van der Waals surface area contributed by atoms with Gasteiger partial charge in [0.2, 0.25) is 5.91 Å². The first-order valence-corrected chi connectivity index (χ1v) is 5.87. The lowest BCUT2D eigenvalue weighted by Gasteiger charge is -2.26. The van der Waals surface area contributed by atoms with Gasteiger partial charge in [-0.3, -0.25) is 9.69 Å². The third-order valence-corrected chi connectivity index (χ3v) is 2.82. The molecule has 0 atom stereocenters. The number of hydrogen-bond acceptors (Lipinski definition) is 3. The summed E-state index contributed by atoms with van der Waals surface area (Å²) in [4.78, 5) is 17.5. The van der Waals surface area contributed by atoms with E-state index in [2.05, 4.69) is 4.98 Å². The molecule has 0 unspecified atom stereocenters. The van der Waals surface area contributed by atoms with Gasteiger partial charge in [-0.2, -0.15) is 0 Å². The Hall–Kier alpha value is -1.91. The summed E-state index contributed by atoms with van der Waals surface area (Å²) in [6.07, 6.45) is 6.54. The highest BCUT2D eigenvalue weighted by molar-refractivity contribution is 5.94. The molecule has 0 spiro atoms. The van der Waals surface area contributed by atoms with Crippen molar-refractivity contribution in [2.45, 2.75) is 19.3 Å². The number of rotatable bonds is 3. The van der Waals surface area contributed by atoms with E-state index in [-0.39, 0.29) is 5.91 Å². The molecule has 0 saturated carbocycles. The van der Waals surface area contributed by atoms with Gasteiger partial charge in [0, 0.05) is 18.5 Å². The van der Waals surface area contributed by atoms with E-state index in [4.69, 9.17) is 4.74 Å². The molecule has 1 aromatic heterocycles. The van der Waals surface area contributed by atoms with Crippen molar-refractivity contribution >= 4 is 17.8 Å². The Labute approximate surface area is 105 Å². The SMILES string of the molecule is CO/C=C/c1cc(F)cnc1N1CCCCC1=O. The molecule has 1 saturated heterocycles. The van der Waals surface area contributed by atoms with Gasteiger partial charge in [0.05, 0.1) is 19.6 Å². The molecule has 0 N–H and O–H groups in total. The summed E-state index contributed by atoms with van der Waals surface area (Å²) in [5.74, 6) is 0.0980. The molecule has 1 aromatic rings. The Bertz CT molecular complexity index is 474. The average molecular weight is 250 g/mol. The predicted octanol–water partition coefficient (Wildman–Crippen LogP) is 2.35. The van der Waals surface area contributed by atoms with E-state index < -0.39 is 5.82 Å². The molecule has 96 valence electrons. The normalized spacial score (nSPS) is 16.3. The summed E-state index contributed by atoms with van der Waals surface area (Å²) in [5.41, 5.74) is 0.548. The first-order chi connectivity index (χ1) is 8.72. The van der Waals surface area contributed by atoms with E-state index in [1.165, 1.54) is 19.4 Å². The monoisotopic (exact) mass is 250 g/mol. The first-order valence-electron chi connectivity index (χ1n) is 5.87.